The number of hydrogen-bond donors (Lipinski definition) is 0. The van der Waals surface area contributed by atoms with E-state index in [1.54, 1.807) is 0 Å². The smallest absolute Gasteiger partial charge is 0.0837 e. The first-order valence-corrected chi connectivity index (χ1v) is 8.34. The standard InChI is InChI=1S/C15H20ClNOS/c1-11-10-18-13(7-16)8-17(11)9-14-6-12-4-2-3-5-15(12)19-14/h2-5,11,13-14H,6-10H2,1H3. The van der Waals surface area contributed by atoms with Gasteiger partial charge in [-0.1, -0.05) is 18.2 Å². The first-order chi connectivity index (χ1) is 9.26. The highest BCUT2D eigenvalue weighted by Crippen LogP contribution is 2.37. The van der Waals surface area contributed by atoms with Gasteiger partial charge in [-0.15, -0.1) is 23.4 Å². The van der Waals surface area contributed by atoms with Crippen molar-refractivity contribution in [1.82, 2.24) is 4.90 Å². The molecule has 1 aromatic rings. The zero-order chi connectivity index (χ0) is 13.2. The minimum Gasteiger partial charge on any atom is -0.374 e. The molecule has 1 saturated heterocycles. The fourth-order valence-corrected chi connectivity index (χ4v) is 4.37. The van der Waals surface area contributed by atoms with Gasteiger partial charge < -0.3 is 4.74 Å². The Morgan fingerprint density at radius 3 is 3.05 bits per heavy atom. The molecular weight excluding hydrogens is 278 g/mol. The largest absolute Gasteiger partial charge is 0.374 e. The molecule has 3 unspecified atom stereocenters. The third kappa shape index (κ3) is 3.10. The molecule has 19 heavy (non-hydrogen) atoms. The molecule has 0 bridgehead atoms. The minimum atomic E-state index is 0.201. The van der Waals surface area contributed by atoms with Gasteiger partial charge in [0, 0.05) is 35.2 Å². The molecule has 2 aliphatic heterocycles. The van der Waals surface area contributed by atoms with E-state index in [0.29, 0.717) is 17.2 Å². The van der Waals surface area contributed by atoms with Gasteiger partial charge >= 0.3 is 0 Å². The van der Waals surface area contributed by atoms with Gasteiger partial charge in [0.15, 0.2) is 0 Å². The second-order valence-corrected chi connectivity index (χ2v) is 7.12. The van der Waals surface area contributed by atoms with Gasteiger partial charge in [-0.05, 0) is 25.0 Å². The maximum atomic E-state index is 5.93. The SMILES string of the molecule is CC1COC(CCl)CN1CC1Cc2ccccc2S1. The van der Waals surface area contributed by atoms with Gasteiger partial charge in [0.25, 0.3) is 0 Å². The molecule has 4 heteroatoms. The van der Waals surface area contributed by atoms with Crippen molar-refractivity contribution in [3.63, 3.8) is 0 Å². The molecule has 0 aromatic heterocycles. The molecule has 3 rings (SSSR count). The van der Waals surface area contributed by atoms with Crippen molar-refractivity contribution in [3.05, 3.63) is 29.8 Å². The van der Waals surface area contributed by atoms with Gasteiger partial charge in [-0.2, -0.15) is 0 Å². The normalized spacial score (nSPS) is 31.4. The molecule has 3 atom stereocenters. The Morgan fingerprint density at radius 1 is 1.42 bits per heavy atom. The summed E-state index contributed by atoms with van der Waals surface area (Å²) in [4.78, 5) is 4.00. The fraction of sp³-hybridized carbons (Fsp3) is 0.600. The van der Waals surface area contributed by atoms with E-state index in [9.17, 15) is 0 Å². The molecule has 0 N–H and O–H groups in total. The lowest BCUT2D eigenvalue weighted by molar-refractivity contribution is -0.0472. The maximum Gasteiger partial charge on any atom is 0.0837 e. The monoisotopic (exact) mass is 297 g/mol. The van der Waals surface area contributed by atoms with Crippen LogP contribution in [0.5, 0.6) is 0 Å². The van der Waals surface area contributed by atoms with Crippen LogP contribution in [0.2, 0.25) is 0 Å². The summed E-state index contributed by atoms with van der Waals surface area (Å²) in [6, 6.07) is 9.28. The minimum absolute atomic E-state index is 0.201. The van der Waals surface area contributed by atoms with Crippen molar-refractivity contribution in [2.45, 2.75) is 35.6 Å². The lowest BCUT2D eigenvalue weighted by Gasteiger charge is -2.38. The first kappa shape index (κ1) is 13.7. The highest BCUT2D eigenvalue weighted by atomic mass is 35.5. The van der Waals surface area contributed by atoms with E-state index in [1.165, 1.54) is 16.9 Å². The van der Waals surface area contributed by atoms with Crippen LogP contribution in [-0.4, -0.2) is 47.9 Å². The van der Waals surface area contributed by atoms with Crippen LogP contribution in [0.25, 0.3) is 0 Å². The molecule has 2 heterocycles. The van der Waals surface area contributed by atoms with Gasteiger partial charge in [0.2, 0.25) is 0 Å². The van der Waals surface area contributed by atoms with Gasteiger partial charge in [0.1, 0.15) is 0 Å². The zero-order valence-electron chi connectivity index (χ0n) is 11.2. The Labute approximate surface area is 124 Å². The summed E-state index contributed by atoms with van der Waals surface area (Å²) in [5, 5.41) is 0.675. The van der Waals surface area contributed by atoms with Crippen LogP contribution in [0, 0.1) is 0 Å². The average Bonchev–Trinajstić information content (AvgIpc) is 2.83. The Kier molecular flexibility index (Phi) is 4.37. The van der Waals surface area contributed by atoms with Crippen LogP contribution in [0.15, 0.2) is 29.2 Å². The Balaban J connectivity index is 1.60. The summed E-state index contributed by atoms with van der Waals surface area (Å²) in [5.41, 5.74) is 1.51. The Morgan fingerprint density at radius 2 is 2.26 bits per heavy atom. The van der Waals surface area contributed by atoms with E-state index < -0.39 is 0 Å². The number of alkyl halides is 1. The first-order valence-electron chi connectivity index (χ1n) is 6.92. The van der Waals surface area contributed by atoms with Crippen LogP contribution >= 0.6 is 23.4 Å². The number of fused-ring (bicyclic) bond motifs is 1. The van der Waals surface area contributed by atoms with Gasteiger partial charge in [-0.25, -0.2) is 0 Å². The molecule has 0 aliphatic carbocycles. The molecular formula is C15H20ClNOS. The molecule has 0 amide bonds. The van der Waals surface area contributed by atoms with Crippen molar-refractivity contribution in [2.75, 3.05) is 25.6 Å². The molecule has 1 aromatic carbocycles. The third-order valence-electron chi connectivity index (χ3n) is 3.96. The summed E-state index contributed by atoms with van der Waals surface area (Å²) in [6.07, 6.45) is 1.39. The van der Waals surface area contributed by atoms with Crippen LogP contribution in [0.3, 0.4) is 0 Å². The second-order valence-electron chi connectivity index (χ2n) is 5.46. The Bertz CT molecular complexity index is 417. The Hall–Kier alpha value is -0.220. The summed E-state index contributed by atoms with van der Waals surface area (Å²) in [5.74, 6) is 0.598. The van der Waals surface area contributed by atoms with E-state index in [4.69, 9.17) is 16.3 Å². The predicted molar refractivity (Wildman–Crippen MR) is 81.3 cm³/mol. The van der Waals surface area contributed by atoms with Crippen LogP contribution in [0.4, 0.5) is 0 Å². The predicted octanol–water partition coefficient (Wildman–Crippen LogP) is 3.03. The topological polar surface area (TPSA) is 12.5 Å². The van der Waals surface area contributed by atoms with Crippen LogP contribution in [-0.2, 0) is 11.2 Å². The molecule has 0 spiro atoms. The fourth-order valence-electron chi connectivity index (χ4n) is 2.84. The summed E-state index contributed by atoms with van der Waals surface area (Å²) < 4.78 is 5.72. The average molecular weight is 298 g/mol. The number of hydrogen-bond acceptors (Lipinski definition) is 3. The van der Waals surface area contributed by atoms with Crippen molar-refractivity contribution in [1.29, 1.82) is 0 Å². The maximum absolute atomic E-state index is 5.93. The number of halogens is 1. The number of benzene rings is 1. The zero-order valence-corrected chi connectivity index (χ0v) is 12.8. The highest BCUT2D eigenvalue weighted by Gasteiger charge is 2.30. The molecule has 2 aliphatic rings. The van der Waals surface area contributed by atoms with Crippen molar-refractivity contribution < 1.29 is 4.74 Å². The van der Waals surface area contributed by atoms with E-state index >= 15 is 0 Å². The molecule has 2 nitrogen and oxygen atoms in total. The van der Waals surface area contributed by atoms with Crippen LogP contribution < -0.4 is 0 Å². The van der Waals surface area contributed by atoms with E-state index in [0.717, 1.165) is 19.7 Å². The number of morpholine rings is 1. The lowest BCUT2D eigenvalue weighted by Crippen LogP contribution is -2.50. The second kappa shape index (κ2) is 6.04. The molecule has 0 radical (unpaired) electrons. The van der Waals surface area contributed by atoms with Gasteiger partial charge in [-0.3, -0.25) is 4.90 Å². The van der Waals surface area contributed by atoms with E-state index in [1.807, 2.05) is 11.8 Å². The molecule has 0 saturated carbocycles. The lowest BCUT2D eigenvalue weighted by atomic mass is 10.1. The molecule has 1 fully saturated rings. The molecule has 104 valence electrons. The summed E-state index contributed by atoms with van der Waals surface area (Å²) in [7, 11) is 0. The van der Waals surface area contributed by atoms with Crippen LogP contribution in [0.1, 0.15) is 12.5 Å². The quantitative estimate of drug-likeness (QED) is 0.796. The van der Waals surface area contributed by atoms with Gasteiger partial charge in [0.05, 0.1) is 12.7 Å². The van der Waals surface area contributed by atoms with Crippen molar-refractivity contribution in [2.24, 2.45) is 0 Å². The number of ether oxygens (including phenoxy) is 1. The third-order valence-corrected chi connectivity index (χ3v) is 5.60. The number of thioether (sulfide) groups is 1. The van der Waals surface area contributed by atoms with Crippen molar-refractivity contribution in [3.8, 4) is 0 Å². The van der Waals surface area contributed by atoms with E-state index in [2.05, 4.69) is 36.1 Å². The van der Waals surface area contributed by atoms with E-state index in [-0.39, 0.29) is 6.10 Å². The summed E-state index contributed by atoms with van der Waals surface area (Å²) >= 11 is 7.95. The highest BCUT2D eigenvalue weighted by molar-refractivity contribution is 8.00. The number of nitrogens with zero attached hydrogens (tertiary/aromatic N) is 1. The van der Waals surface area contributed by atoms with Crippen molar-refractivity contribution >= 4 is 23.4 Å². The summed E-state index contributed by atoms with van der Waals surface area (Å²) in [6.45, 7) is 5.16. The number of rotatable bonds is 3.